The van der Waals surface area contributed by atoms with Crippen molar-refractivity contribution in [1.29, 1.82) is 0 Å². The maximum atomic E-state index is 12.6. The molecule has 0 bridgehead atoms. The Hall–Kier alpha value is -1.96. The molecule has 2 heteroatoms. The number of carbonyl (C=O) groups excluding carboxylic acids is 1. The van der Waals surface area contributed by atoms with Crippen molar-refractivity contribution in [2.24, 2.45) is 0 Å². The van der Waals surface area contributed by atoms with Crippen molar-refractivity contribution in [2.75, 3.05) is 0 Å². The van der Waals surface area contributed by atoms with Crippen LogP contribution in [0.2, 0.25) is 0 Å². The van der Waals surface area contributed by atoms with E-state index in [1.807, 2.05) is 37.3 Å². The molecule has 0 N–H and O–H groups in total. The Kier molecular flexibility index (Phi) is 3.64. The number of hydrogen-bond acceptors (Lipinski definition) is 2. The molecule has 1 aliphatic carbocycles. The van der Waals surface area contributed by atoms with Gasteiger partial charge in [-0.2, -0.15) is 0 Å². The van der Waals surface area contributed by atoms with Crippen LogP contribution in [-0.4, -0.2) is 10.8 Å². The number of pyridine rings is 1. The van der Waals surface area contributed by atoms with E-state index in [2.05, 4.69) is 11.1 Å². The van der Waals surface area contributed by atoms with Gasteiger partial charge in [0.1, 0.15) is 0 Å². The number of allylic oxidation sites excluding steroid dienone is 2. The van der Waals surface area contributed by atoms with Gasteiger partial charge in [-0.1, -0.05) is 18.6 Å². The lowest BCUT2D eigenvalue weighted by atomic mass is 9.98. The molecule has 0 radical (unpaired) electrons. The van der Waals surface area contributed by atoms with Crippen LogP contribution in [0.25, 0.3) is 10.9 Å². The Morgan fingerprint density at radius 1 is 1.10 bits per heavy atom. The molecule has 0 unspecified atom stereocenters. The molecule has 0 saturated heterocycles. The Morgan fingerprint density at radius 3 is 2.90 bits per heavy atom. The molecule has 1 aromatic carbocycles. The average molecular weight is 265 g/mol. The van der Waals surface area contributed by atoms with Gasteiger partial charge in [0.25, 0.3) is 0 Å². The van der Waals surface area contributed by atoms with Crippen molar-refractivity contribution >= 4 is 16.7 Å². The van der Waals surface area contributed by atoms with Gasteiger partial charge in [-0.15, -0.1) is 0 Å². The number of Topliss-reactive ketones (excluding diaryl/α,β-unsaturated/α-hetero) is 1. The molecule has 1 heterocycles. The molecule has 0 fully saturated rings. The van der Waals surface area contributed by atoms with E-state index in [0.717, 1.165) is 47.0 Å². The molecular formula is C18H19NO. The number of rotatable bonds is 2. The Balaban J connectivity index is 1.95. The topological polar surface area (TPSA) is 30.0 Å². The molecule has 3 rings (SSSR count). The third-order valence-corrected chi connectivity index (χ3v) is 3.92. The van der Waals surface area contributed by atoms with Crippen LogP contribution in [0.1, 0.15) is 48.2 Å². The van der Waals surface area contributed by atoms with Crippen LogP contribution >= 0.6 is 0 Å². The Bertz CT molecular complexity index is 685. The smallest absolute Gasteiger partial charge is 0.188 e. The minimum absolute atomic E-state index is 0.189. The zero-order chi connectivity index (χ0) is 13.9. The van der Waals surface area contributed by atoms with Gasteiger partial charge in [-0.05, 0) is 62.4 Å². The first-order valence-corrected chi connectivity index (χ1v) is 7.35. The summed E-state index contributed by atoms with van der Waals surface area (Å²) in [4.78, 5) is 17.1. The van der Waals surface area contributed by atoms with Crippen molar-refractivity contribution < 1.29 is 4.79 Å². The second kappa shape index (κ2) is 5.58. The first-order valence-electron chi connectivity index (χ1n) is 7.35. The zero-order valence-electron chi connectivity index (χ0n) is 11.9. The fourth-order valence-corrected chi connectivity index (χ4v) is 2.78. The number of ketones is 1. The SMILES string of the molecule is Cc1ccc2cc(C(=O)C3=CCCCCC3)ccc2n1. The molecule has 0 spiro atoms. The van der Waals surface area contributed by atoms with Gasteiger partial charge < -0.3 is 0 Å². The maximum absolute atomic E-state index is 12.6. The van der Waals surface area contributed by atoms with Crippen LogP contribution in [-0.2, 0) is 0 Å². The number of aryl methyl sites for hydroxylation is 1. The maximum Gasteiger partial charge on any atom is 0.188 e. The van der Waals surface area contributed by atoms with Gasteiger partial charge in [-0.25, -0.2) is 0 Å². The molecule has 0 atom stereocenters. The van der Waals surface area contributed by atoms with E-state index in [4.69, 9.17) is 0 Å². The molecule has 0 amide bonds. The molecular weight excluding hydrogens is 246 g/mol. The highest BCUT2D eigenvalue weighted by Crippen LogP contribution is 2.23. The van der Waals surface area contributed by atoms with Gasteiger partial charge in [0.05, 0.1) is 5.52 Å². The van der Waals surface area contributed by atoms with E-state index in [9.17, 15) is 4.79 Å². The summed E-state index contributed by atoms with van der Waals surface area (Å²) < 4.78 is 0. The standard InChI is InChI=1S/C18H19NO/c1-13-8-9-15-12-16(10-11-17(15)19-13)18(20)14-6-4-2-3-5-7-14/h6,8-12H,2-5,7H2,1H3. The van der Waals surface area contributed by atoms with E-state index in [1.54, 1.807) is 0 Å². The van der Waals surface area contributed by atoms with Crippen molar-refractivity contribution in [1.82, 2.24) is 4.98 Å². The highest BCUT2D eigenvalue weighted by Gasteiger charge is 2.14. The molecule has 0 saturated carbocycles. The van der Waals surface area contributed by atoms with E-state index in [1.165, 1.54) is 12.8 Å². The number of hydrogen-bond donors (Lipinski definition) is 0. The lowest BCUT2D eigenvalue weighted by Crippen LogP contribution is -2.03. The molecule has 102 valence electrons. The Labute approximate surface area is 119 Å². The molecule has 20 heavy (non-hydrogen) atoms. The first kappa shape index (κ1) is 13.0. The second-order valence-electron chi connectivity index (χ2n) is 5.52. The van der Waals surface area contributed by atoms with Gasteiger partial charge in [0.2, 0.25) is 0 Å². The Morgan fingerprint density at radius 2 is 2.00 bits per heavy atom. The summed E-state index contributed by atoms with van der Waals surface area (Å²) in [6.45, 7) is 1.98. The summed E-state index contributed by atoms with van der Waals surface area (Å²) >= 11 is 0. The third kappa shape index (κ3) is 2.64. The van der Waals surface area contributed by atoms with Gasteiger partial charge in [0, 0.05) is 16.6 Å². The van der Waals surface area contributed by atoms with Crippen molar-refractivity contribution in [2.45, 2.75) is 39.0 Å². The molecule has 2 aromatic rings. The first-order chi connectivity index (χ1) is 9.74. The molecule has 1 aromatic heterocycles. The second-order valence-corrected chi connectivity index (χ2v) is 5.52. The number of fused-ring (bicyclic) bond motifs is 1. The number of benzene rings is 1. The quantitative estimate of drug-likeness (QED) is 0.742. The van der Waals surface area contributed by atoms with Crippen molar-refractivity contribution in [3.8, 4) is 0 Å². The van der Waals surface area contributed by atoms with E-state index < -0.39 is 0 Å². The number of aromatic nitrogens is 1. The largest absolute Gasteiger partial charge is 0.289 e. The predicted molar refractivity (Wildman–Crippen MR) is 82.0 cm³/mol. The van der Waals surface area contributed by atoms with Gasteiger partial charge >= 0.3 is 0 Å². The summed E-state index contributed by atoms with van der Waals surface area (Å²) in [6.07, 6.45) is 7.66. The average Bonchev–Trinajstić information content (AvgIpc) is 2.75. The number of carbonyl (C=O) groups is 1. The van der Waals surface area contributed by atoms with Crippen LogP contribution in [0, 0.1) is 6.92 Å². The monoisotopic (exact) mass is 265 g/mol. The molecule has 2 nitrogen and oxygen atoms in total. The highest BCUT2D eigenvalue weighted by atomic mass is 16.1. The summed E-state index contributed by atoms with van der Waals surface area (Å²) in [5, 5.41) is 1.04. The summed E-state index contributed by atoms with van der Waals surface area (Å²) in [5.41, 5.74) is 3.73. The zero-order valence-corrected chi connectivity index (χ0v) is 11.9. The molecule has 1 aliphatic rings. The van der Waals surface area contributed by atoms with Crippen molar-refractivity contribution in [3.05, 3.63) is 53.2 Å². The minimum atomic E-state index is 0.189. The normalized spacial score (nSPS) is 15.8. The van der Waals surface area contributed by atoms with Crippen LogP contribution in [0.15, 0.2) is 42.0 Å². The predicted octanol–water partition coefficient (Wildman–Crippen LogP) is 4.62. The summed E-state index contributed by atoms with van der Waals surface area (Å²) in [7, 11) is 0. The van der Waals surface area contributed by atoms with Gasteiger partial charge in [0.15, 0.2) is 5.78 Å². The van der Waals surface area contributed by atoms with Crippen LogP contribution < -0.4 is 0 Å². The minimum Gasteiger partial charge on any atom is -0.289 e. The summed E-state index contributed by atoms with van der Waals surface area (Å²) in [6, 6.07) is 9.85. The van der Waals surface area contributed by atoms with Gasteiger partial charge in [-0.3, -0.25) is 9.78 Å². The third-order valence-electron chi connectivity index (χ3n) is 3.92. The van der Waals surface area contributed by atoms with Crippen LogP contribution in [0.3, 0.4) is 0 Å². The highest BCUT2D eigenvalue weighted by molar-refractivity contribution is 6.10. The lowest BCUT2D eigenvalue weighted by molar-refractivity contribution is 0.103. The fourth-order valence-electron chi connectivity index (χ4n) is 2.78. The van der Waals surface area contributed by atoms with Crippen LogP contribution in [0.5, 0.6) is 0 Å². The lowest BCUT2D eigenvalue weighted by Gasteiger charge is -2.06. The van der Waals surface area contributed by atoms with E-state index in [-0.39, 0.29) is 5.78 Å². The van der Waals surface area contributed by atoms with Crippen LogP contribution in [0.4, 0.5) is 0 Å². The molecule has 0 aliphatic heterocycles. The number of nitrogens with zero attached hydrogens (tertiary/aromatic N) is 1. The van der Waals surface area contributed by atoms with E-state index in [0.29, 0.717) is 0 Å². The fraction of sp³-hybridized carbons (Fsp3) is 0.333. The van der Waals surface area contributed by atoms with Crippen molar-refractivity contribution in [3.63, 3.8) is 0 Å². The summed E-state index contributed by atoms with van der Waals surface area (Å²) in [5.74, 6) is 0.189. The van der Waals surface area contributed by atoms with E-state index >= 15 is 0 Å².